The van der Waals surface area contributed by atoms with E-state index in [9.17, 15) is 9.59 Å². The molecule has 27 heavy (non-hydrogen) atoms. The minimum absolute atomic E-state index is 0.0531. The van der Waals surface area contributed by atoms with Crippen LogP contribution in [0.3, 0.4) is 0 Å². The number of rotatable bonds is 6. The molecular formula is C22H32N2O3. The van der Waals surface area contributed by atoms with Crippen LogP contribution < -0.4 is 10.1 Å². The van der Waals surface area contributed by atoms with Crippen molar-refractivity contribution in [1.29, 1.82) is 0 Å². The van der Waals surface area contributed by atoms with E-state index in [-0.39, 0.29) is 30.3 Å². The fourth-order valence-corrected chi connectivity index (χ4v) is 4.35. The maximum absolute atomic E-state index is 12.8. The molecule has 5 heteroatoms. The van der Waals surface area contributed by atoms with Gasteiger partial charge >= 0.3 is 0 Å². The molecule has 1 aliphatic heterocycles. The lowest BCUT2D eigenvalue weighted by Crippen LogP contribution is -2.49. The Bertz CT molecular complexity index is 623. The molecule has 2 amide bonds. The van der Waals surface area contributed by atoms with Crippen LogP contribution in [0.4, 0.5) is 0 Å². The molecule has 1 unspecified atom stereocenters. The number of methoxy groups -OCH3 is 1. The van der Waals surface area contributed by atoms with Crippen molar-refractivity contribution in [3.8, 4) is 5.75 Å². The van der Waals surface area contributed by atoms with E-state index in [1.165, 1.54) is 12.0 Å². The molecule has 1 atom stereocenters. The molecule has 2 fully saturated rings. The molecule has 0 radical (unpaired) electrons. The second-order valence-corrected chi connectivity index (χ2v) is 7.84. The zero-order chi connectivity index (χ0) is 19.1. The number of piperidine rings is 1. The summed E-state index contributed by atoms with van der Waals surface area (Å²) in [7, 11) is 1.66. The number of hydrogen-bond donors (Lipinski definition) is 1. The minimum Gasteiger partial charge on any atom is -0.497 e. The van der Waals surface area contributed by atoms with Gasteiger partial charge in [0.1, 0.15) is 5.75 Å². The van der Waals surface area contributed by atoms with Gasteiger partial charge in [0.25, 0.3) is 0 Å². The highest BCUT2D eigenvalue weighted by Gasteiger charge is 2.28. The Balaban J connectivity index is 1.53. The van der Waals surface area contributed by atoms with Crippen LogP contribution in [-0.4, -0.2) is 43.0 Å². The number of benzene rings is 1. The molecule has 0 spiro atoms. The van der Waals surface area contributed by atoms with E-state index in [0.29, 0.717) is 0 Å². The smallest absolute Gasteiger partial charge is 0.242 e. The fraction of sp³-hybridized carbons (Fsp3) is 0.636. The van der Waals surface area contributed by atoms with Gasteiger partial charge in [0, 0.05) is 18.5 Å². The van der Waals surface area contributed by atoms with E-state index in [1.807, 2.05) is 17.0 Å². The van der Waals surface area contributed by atoms with Crippen LogP contribution in [0, 0.1) is 5.92 Å². The first kappa shape index (κ1) is 19.7. The Morgan fingerprint density at radius 3 is 2.44 bits per heavy atom. The maximum Gasteiger partial charge on any atom is 0.242 e. The number of amides is 2. The highest BCUT2D eigenvalue weighted by molar-refractivity contribution is 5.86. The van der Waals surface area contributed by atoms with Crippen molar-refractivity contribution < 1.29 is 14.3 Å². The number of carbonyl (C=O) groups excluding carboxylic acids is 2. The molecule has 0 bridgehead atoms. The third kappa shape index (κ3) is 5.47. The third-order valence-corrected chi connectivity index (χ3v) is 5.97. The number of hydrogen-bond acceptors (Lipinski definition) is 3. The van der Waals surface area contributed by atoms with Gasteiger partial charge in [0.05, 0.1) is 13.7 Å². The average Bonchev–Trinajstić information content (AvgIpc) is 2.73. The molecule has 2 aliphatic rings. The third-order valence-electron chi connectivity index (χ3n) is 5.97. The molecule has 1 heterocycles. The first-order chi connectivity index (χ1) is 13.2. The lowest BCUT2D eigenvalue weighted by atomic mass is 9.89. The molecule has 1 aromatic rings. The van der Waals surface area contributed by atoms with Crippen molar-refractivity contribution in [2.24, 2.45) is 5.92 Å². The zero-order valence-corrected chi connectivity index (χ0v) is 16.4. The molecule has 1 N–H and O–H groups in total. The van der Waals surface area contributed by atoms with Gasteiger partial charge < -0.3 is 15.0 Å². The number of nitrogens with zero attached hydrogens (tertiary/aromatic N) is 1. The summed E-state index contributed by atoms with van der Waals surface area (Å²) in [5, 5.41) is 2.90. The predicted molar refractivity (Wildman–Crippen MR) is 106 cm³/mol. The van der Waals surface area contributed by atoms with Crippen LogP contribution in [-0.2, 0) is 16.0 Å². The molecule has 1 aromatic carbocycles. The van der Waals surface area contributed by atoms with Crippen LogP contribution >= 0.6 is 0 Å². The van der Waals surface area contributed by atoms with Crippen LogP contribution in [0.1, 0.15) is 56.9 Å². The van der Waals surface area contributed by atoms with E-state index >= 15 is 0 Å². The second-order valence-electron chi connectivity index (χ2n) is 7.84. The SMILES string of the molecule is COc1ccc(CC2CCCCN2C(=O)CNC(=O)C2CCCCC2)cc1. The van der Waals surface area contributed by atoms with Gasteiger partial charge in [-0.05, 0) is 56.2 Å². The van der Waals surface area contributed by atoms with E-state index in [1.54, 1.807) is 7.11 Å². The Labute approximate surface area is 162 Å². The van der Waals surface area contributed by atoms with Gasteiger partial charge in [-0.1, -0.05) is 31.4 Å². The molecule has 1 saturated heterocycles. The van der Waals surface area contributed by atoms with Crippen LogP contribution in [0.5, 0.6) is 5.75 Å². The van der Waals surface area contributed by atoms with Gasteiger partial charge in [-0.3, -0.25) is 9.59 Å². The van der Waals surface area contributed by atoms with E-state index in [2.05, 4.69) is 17.4 Å². The number of nitrogens with one attached hydrogen (secondary N) is 1. The predicted octanol–water partition coefficient (Wildman–Crippen LogP) is 3.32. The molecule has 5 nitrogen and oxygen atoms in total. The lowest BCUT2D eigenvalue weighted by Gasteiger charge is -2.36. The highest BCUT2D eigenvalue weighted by atomic mass is 16.5. The largest absolute Gasteiger partial charge is 0.497 e. The van der Waals surface area contributed by atoms with Crippen LogP contribution in [0.25, 0.3) is 0 Å². The summed E-state index contributed by atoms with van der Waals surface area (Å²) in [6.45, 7) is 0.924. The number of ether oxygens (including phenoxy) is 1. The standard InChI is InChI=1S/C22H32N2O3/c1-27-20-12-10-17(11-13-20)15-19-9-5-6-14-24(19)21(25)16-23-22(26)18-7-3-2-4-8-18/h10-13,18-19H,2-9,14-16H2,1H3,(H,23,26). The van der Waals surface area contributed by atoms with Gasteiger partial charge in [-0.15, -0.1) is 0 Å². The summed E-state index contributed by atoms with van der Waals surface area (Å²) < 4.78 is 5.22. The van der Waals surface area contributed by atoms with Crippen molar-refractivity contribution in [3.63, 3.8) is 0 Å². The van der Waals surface area contributed by atoms with E-state index in [0.717, 1.165) is 63.7 Å². The summed E-state index contributed by atoms with van der Waals surface area (Å²) in [5.74, 6) is 1.06. The Kier molecular flexibility index (Phi) is 7.13. The van der Waals surface area contributed by atoms with Gasteiger partial charge in [0.2, 0.25) is 11.8 Å². The zero-order valence-electron chi connectivity index (χ0n) is 16.4. The minimum atomic E-state index is 0.0531. The summed E-state index contributed by atoms with van der Waals surface area (Å²) >= 11 is 0. The first-order valence-corrected chi connectivity index (χ1v) is 10.4. The normalized spacial score (nSPS) is 20.9. The Morgan fingerprint density at radius 2 is 1.74 bits per heavy atom. The molecule has 1 aliphatic carbocycles. The highest BCUT2D eigenvalue weighted by Crippen LogP contribution is 2.24. The van der Waals surface area contributed by atoms with Crippen molar-refractivity contribution in [3.05, 3.63) is 29.8 Å². The van der Waals surface area contributed by atoms with Crippen LogP contribution in [0.15, 0.2) is 24.3 Å². The Morgan fingerprint density at radius 1 is 1.04 bits per heavy atom. The molecular weight excluding hydrogens is 340 g/mol. The molecule has 0 aromatic heterocycles. The average molecular weight is 373 g/mol. The van der Waals surface area contributed by atoms with Crippen LogP contribution in [0.2, 0.25) is 0 Å². The Hall–Kier alpha value is -2.04. The molecule has 3 rings (SSSR count). The number of likely N-dealkylation sites (tertiary alicyclic amines) is 1. The van der Waals surface area contributed by atoms with Gasteiger partial charge in [-0.2, -0.15) is 0 Å². The summed E-state index contributed by atoms with van der Waals surface area (Å²) in [5.41, 5.74) is 1.21. The summed E-state index contributed by atoms with van der Waals surface area (Å²) in [6.07, 6.45) is 9.47. The summed E-state index contributed by atoms with van der Waals surface area (Å²) in [6, 6.07) is 8.29. The summed E-state index contributed by atoms with van der Waals surface area (Å²) in [4.78, 5) is 27.1. The first-order valence-electron chi connectivity index (χ1n) is 10.4. The monoisotopic (exact) mass is 372 g/mol. The van der Waals surface area contributed by atoms with Crippen molar-refractivity contribution in [2.45, 2.75) is 63.8 Å². The van der Waals surface area contributed by atoms with Gasteiger partial charge in [0.15, 0.2) is 0 Å². The topological polar surface area (TPSA) is 58.6 Å². The fourth-order valence-electron chi connectivity index (χ4n) is 4.35. The second kappa shape index (κ2) is 9.77. The molecule has 1 saturated carbocycles. The van der Waals surface area contributed by atoms with Crippen molar-refractivity contribution in [2.75, 3.05) is 20.2 Å². The van der Waals surface area contributed by atoms with Crippen molar-refractivity contribution >= 4 is 11.8 Å². The quantitative estimate of drug-likeness (QED) is 0.833. The number of carbonyl (C=O) groups is 2. The van der Waals surface area contributed by atoms with Gasteiger partial charge in [-0.25, -0.2) is 0 Å². The van der Waals surface area contributed by atoms with Crippen molar-refractivity contribution in [1.82, 2.24) is 10.2 Å². The maximum atomic E-state index is 12.8. The lowest BCUT2D eigenvalue weighted by molar-refractivity contribution is -0.136. The molecule has 148 valence electrons. The van der Waals surface area contributed by atoms with E-state index in [4.69, 9.17) is 4.74 Å². The van der Waals surface area contributed by atoms with E-state index < -0.39 is 0 Å².